The fourth-order valence-corrected chi connectivity index (χ4v) is 6.88. The SMILES string of the molecule is COC(=O)c1ccc(C(=O)C[C@H]2[C@@H]([N+](=O)[O-])[C@H](c3cccc(Cl)c3F)[C@H](C(=O)Nc3cc(Cl)ccc3C)N2CC2CC2)c([N+](=O)[O-])c1OC. The molecule has 0 radical (unpaired) electrons. The van der Waals surface area contributed by atoms with Crippen molar-refractivity contribution in [1.29, 1.82) is 0 Å². The van der Waals surface area contributed by atoms with Gasteiger partial charge in [-0.05, 0) is 61.6 Å². The Balaban J connectivity index is 1.65. The van der Waals surface area contributed by atoms with E-state index in [1.807, 2.05) is 0 Å². The van der Waals surface area contributed by atoms with E-state index in [9.17, 15) is 34.6 Å². The summed E-state index contributed by atoms with van der Waals surface area (Å²) >= 11 is 12.3. The van der Waals surface area contributed by atoms with E-state index in [4.69, 9.17) is 27.9 Å². The molecule has 0 aromatic heterocycles. The largest absolute Gasteiger partial charge is 0.490 e. The summed E-state index contributed by atoms with van der Waals surface area (Å²) in [5, 5.41) is 28.1. The maximum atomic E-state index is 15.8. The summed E-state index contributed by atoms with van der Waals surface area (Å²) in [6.07, 6.45) is 0.852. The fraction of sp³-hybridized carbons (Fsp3) is 0.364. The van der Waals surface area contributed by atoms with Crippen LogP contribution in [-0.4, -0.2) is 71.3 Å². The maximum absolute atomic E-state index is 15.8. The summed E-state index contributed by atoms with van der Waals surface area (Å²) < 4.78 is 25.6. The van der Waals surface area contributed by atoms with Crippen LogP contribution in [0.5, 0.6) is 5.75 Å². The zero-order valence-electron chi connectivity index (χ0n) is 26.5. The van der Waals surface area contributed by atoms with Gasteiger partial charge in [0.05, 0.1) is 41.7 Å². The number of ether oxygens (including phenoxy) is 2. The molecular formula is C33H31Cl2FN4O9. The highest BCUT2D eigenvalue weighted by Gasteiger charge is 2.60. The van der Waals surface area contributed by atoms with Crippen molar-refractivity contribution in [2.24, 2.45) is 5.92 Å². The molecule has 1 amide bonds. The quantitative estimate of drug-likeness (QED) is 0.0978. The number of benzene rings is 3. The molecule has 1 saturated heterocycles. The molecule has 5 rings (SSSR count). The Hall–Kier alpha value is -4.66. The molecule has 0 bridgehead atoms. The lowest BCUT2D eigenvalue weighted by Crippen LogP contribution is -2.47. The number of aryl methyl sites for hydroxylation is 1. The van der Waals surface area contributed by atoms with E-state index < -0.39 is 80.8 Å². The Kier molecular flexibility index (Phi) is 10.5. The van der Waals surface area contributed by atoms with Gasteiger partial charge in [0.2, 0.25) is 17.7 Å². The second-order valence-electron chi connectivity index (χ2n) is 12.0. The molecule has 3 aromatic rings. The number of amides is 1. The van der Waals surface area contributed by atoms with E-state index in [0.29, 0.717) is 16.3 Å². The number of ketones is 1. The van der Waals surface area contributed by atoms with E-state index in [1.165, 1.54) is 29.2 Å². The molecule has 16 heteroatoms. The maximum Gasteiger partial charge on any atom is 0.341 e. The first-order valence-corrected chi connectivity index (χ1v) is 15.9. The Morgan fingerprint density at radius 3 is 2.35 bits per heavy atom. The van der Waals surface area contributed by atoms with Gasteiger partial charge in [0, 0.05) is 34.2 Å². The van der Waals surface area contributed by atoms with Crippen LogP contribution in [0.3, 0.4) is 0 Å². The number of hydrogen-bond acceptors (Lipinski definition) is 10. The highest BCUT2D eigenvalue weighted by molar-refractivity contribution is 6.31. The standard InChI is InChI=1S/C33H31Cl2FN4O9/c1-16-7-10-18(34)13-23(16)37-32(42)30-26(20-5-4-6-22(35)27(20)36)29(40(46)47)24(38(30)15-17-8-9-17)14-25(41)19-11-12-21(33(43)49-3)31(48-2)28(19)39(44)45/h4-7,10-13,17,24,26,29-30H,8-9,14-15H2,1-3H3,(H,37,42)/t24-,26-,29+,30+/m0/s1. The minimum absolute atomic E-state index is 0.0324. The van der Waals surface area contributed by atoms with Crippen LogP contribution >= 0.6 is 23.2 Å². The molecule has 1 N–H and O–H groups in total. The van der Waals surface area contributed by atoms with Crippen molar-refractivity contribution in [1.82, 2.24) is 4.90 Å². The predicted molar refractivity (Wildman–Crippen MR) is 177 cm³/mol. The summed E-state index contributed by atoms with van der Waals surface area (Å²) in [5.41, 5.74) is -0.831. The van der Waals surface area contributed by atoms with Gasteiger partial charge in [0.15, 0.2) is 5.78 Å². The van der Waals surface area contributed by atoms with Crippen LogP contribution in [0.25, 0.3) is 0 Å². The normalized spacial score (nSPS) is 20.4. The van der Waals surface area contributed by atoms with Gasteiger partial charge in [-0.2, -0.15) is 0 Å². The molecular weight excluding hydrogens is 686 g/mol. The number of esters is 1. The van der Waals surface area contributed by atoms with E-state index in [0.717, 1.165) is 39.2 Å². The zero-order valence-corrected chi connectivity index (χ0v) is 28.0. The van der Waals surface area contributed by atoms with Crippen LogP contribution in [0, 0.1) is 38.9 Å². The number of halogens is 3. The second-order valence-corrected chi connectivity index (χ2v) is 12.8. The first-order valence-electron chi connectivity index (χ1n) is 15.2. The Labute approximate surface area is 289 Å². The number of nitrogens with zero attached hydrogens (tertiary/aromatic N) is 3. The third-order valence-corrected chi connectivity index (χ3v) is 9.51. The van der Waals surface area contributed by atoms with Gasteiger partial charge >= 0.3 is 11.7 Å². The van der Waals surface area contributed by atoms with Crippen LogP contribution in [0.15, 0.2) is 48.5 Å². The summed E-state index contributed by atoms with van der Waals surface area (Å²) in [6.45, 7) is 1.88. The number of Topliss-reactive ketones (excluding diaryl/α,β-unsaturated/α-hetero) is 1. The predicted octanol–water partition coefficient (Wildman–Crippen LogP) is 6.25. The molecule has 1 aliphatic heterocycles. The van der Waals surface area contributed by atoms with Crippen molar-refractivity contribution in [3.8, 4) is 5.75 Å². The van der Waals surface area contributed by atoms with Crippen LogP contribution in [0.4, 0.5) is 15.8 Å². The lowest BCUT2D eigenvalue weighted by atomic mass is 9.84. The van der Waals surface area contributed by atoms with Crippen molar-refractivity contribution in [3.63, 3.8) is 0 Å². The number of carbonyl (C=O) groups excluding carboxylic acids is 3. The van der Waals surface area contributed by atoms with Gasteiger partial charge in [-0.15, -0.1) is 0 Å². The molecule has 0 spiro atoms. The zero-order chi connectivity index (χ0) is 35.7. The van der Waals surface area contributed by atoms with Crippen LogP contribution < -0.4 is 10.1 Å². The minimum atomic E-state index is -1.73. The molecule has 2 fully saturated rings. The lowest BCUT2D eigenvalue weighted by Gasteiger charge is -2.30. The summed E-state index contributed by atoms with van der Waals surface area (Å²) in [5.74, 6) is -5.42. The third-order valence-electron chi connectivity index (χ3n) is 8.98. The number of likely N-dealkylation sites (tertiary alicyclic amines) is 1. The smallest absolute Gasteiger partial charge is 0.341 e. The Morgan fingerprint density at radius 2 is 1.73 bits per heavy atom. The number of rotatable bonds is 12. The molecule has 13 nitrogen and oxygen atoms in total. The van der Waals surface area contributed by atoms with Crippen molar-refractivity contribution in [3.05, 3.63) is 107 Å². The summed E-state index contributed by atoms with van der Waals surface area (Å²) in [6, 6.07) is 6.57. The number of nitrogens with one attached hydrogen (secondary N) is 1. The van der Waals surface area contributed by atoms with Crippen molar-refractivity contribution >= 4 is 52.2 Å². The van der Waals surface area contributed by atoms with E-state index in [1.54, 1.807) is 19.1 Å². The molecule has 4 atom stereocenters. The van der Waals surface area contributed by atoms with Gasteiger partial charge in [0.1, 0.15) is 17.4 Å². The average Bonchev–Trinajstić information content (AvgIpc) is 3.83. The second kappa shape index (κ2) is 14.4. The number of nitro groups is 2. The van der Waals surface area contributed by atoms with Gasteiger partial charge in [-0.25, -0.2) is 9.18 Å². The first-order chi connectivity index (χ1) is 23.3. The Morgan fingerprint density at radius 1 is 1.04 bits per heavy atom. The van der Waals surface area contributed by atoms with Crippen LogP contribution in [-0.2, 0) is 9.53 Å². The minimum Gasteiger partial charge on any atom is -0.490 e. The molecule has 0 unspecified atom stereocenters. The number of methoxy groups -OCH3 is 2. The Bertz CT molecular complexity index is 1850. The molecule has 1 saturated carbocycles. The number of carbonyl (C=O) groups is 3. The monoisotopic (exact) mass is 716 g/mol. The van der Waals surface area contributed by atoms with Crippen LogP contribution in [0.2, 0.25) is 10.0 Å². The van der Waals surface area contributed by atoms with Crippen molar-refractivity contribution in [2.75, 3.05) is 26.1 Å². The molecule has 49 heavy (non-hydrogen) atoms. The highest BCUT2D eigenvalue weighted by atomic mass is 35.5. The number of hydrogen-bond donors (Lipinski definition) is 1. The van der Waals surface area contributed by atoms with E-state index >= 15 is 4.39 Å². The number of anilines is 1. The third kappa shape index (κ3) is 7.07. The van der Waals surface area contributed by atoms with Gasteiger partial charge < -0.3 is 14.8 Å². The molecule has 258 valence electrons. The fourth-order valence-electron chi connectivity index (χ4n) is 6.53. The van der Waals surface area contributed by atoms with Crippen LogP contribution in [0.1, 0.15) is 57.0 Å². The van der Waals surface area contributed by atoms with Crippen molar-refractivity contribution < 1.29 is 38.1 Å². The topological polar surface area (TPSA) is 171 Å². The van der Waals surface area contributed by atoms with Gasteiger partial charge in [0.25, 0.3) is 0 Å². The van der Waals surface area contributed by atoms with E-state index in [2.05, 4.69) is 10.1 Å². The highest BCUT2D eigenvalue weighted by Crippen LogP contribution is 2.46. The molecule has 1 heterocycles. The molecule has 3 aromatic carbocycles. The number of nitro benzene ring substituents is 1. The average molecular weight is 718 g/mol. The summed E-state index contributed by atoms with van der Waals surface area (Å²) in [4.78, 5) is 65.9. The van der Waals surface area contributed by atoms with E-state index in [-0.39, 0.29) is 28.6 Å². The van der Waals surface area contributed by atoms with Crippen molar-refractivity contribution in [2.45, 2.75) is 50.2 Å². The van der Waals surface area contributed by atoms with Gasteiger partial charge in [-0.1, -0.05) is 41.4 Å². The lowest BCUT2D eigenvalue weighted by molar-refractivity contribution is -0.527. The first kappa shape index (κ1) is 35.6. The van der Waals surface area contributed by atoms with Gasteiger partial charge in [-0.3, -0.25) is 34.7 Å². The molecule has 1 aliphatic carbocycles. The molecule has 2 aliphatic rings. The summed E-state index contributed by atoms with van der Waals surface area (Å²) in [7, 11) is 2.15.